The summed E-state index contributed by atoms with van der Waals surface area (Å²) in [7, 11) is 0. The lowest BCUT2D eigenvalue weighted by Crippen LogP contribution is -2.51. The Morgan fingerprint density at radius 3 is 2.15 bits per heavy atom. The van der Waals surface area contributed by atoms with Gasteiger partial charge in [0.1, 0.15) is 5.84 Å². The van der Waals surface area contributed by atoms with Gasteiger partial charge in [-0.2, -0.15) is 0 Å². The van der Waals surface area contributed by atoms with Crippen LogP contribution in [0.4, 0.5) is 4.79 Å². The molecule has 0 bridgehead atoms. The van der Waals surface area contributed by atoms with Crippen molar-refractivity contribution in [3.63, 3.8) is 0 Å². The minimum atomic E-state index is -0.329. The zero-order valence-corrected chi connectivity index (χ0v) is 19.8. The molecule has 3 amide bonds. The van der Waals surface area contributed by atoms with Crippen molar-refractivity contribution in [2.75, 3.05) is 13.1 Å². The van der Waals surface area contributed by atoms with Gasteiger partial charge in [-0.1, -0.05) is 67.4 Å². The van der Waals surface area contributed by atoms with E-state index in [0.717, 1.165) is 42.0 Å². The van der Waals surface area contributed by atoms with Gasteiger partial charge in [0.05, 0.1) is 6.54 Å². The Balaban J connectivity index is 0.00000324. The number of nitrogens with two attached hydrogens (primary N) is 1. The number of nitrogen functional groups attached to an aromatic ring is 1. The largest absolute Gasteiger partial charge is 0.384 e. The molecule has 1 fully saturated rings. The number of fused-ring (bicyclic) bond motifs is 1. The zero-order valence-electron chi connectivity index (χ0n) is 19.0. The maximum absolute atomic E-state index is 13.4. The second-order valence-electron chi connectivity index (χ2n) is 8.38. The average molecular weight is 480 g/mol. The number of benzene rings is 3. The summed E-state index contributed by atoms with van der Waals surface area (Å²) in [6, 6.07) is 20.3. The van der Waals surface area contributed by atoms with Gasteiger partial charge in [0.15, 0.2) is 0 Å². The molecule has 34 heavy (non-hydrogen) atoms. The fourth-order valence-electron chi connectivity index (χ4n) is 4.08. The number of likely N-dealkylation sites (tertiary alicyclic amines) is 1. The van der Waals surface area contributed by atoms with Crippen molar-refractivity contribution >= 4 is 41.0 Å². The molecule has 0 spiro atoms. The fourth-order valence-corrected chi connectivity index (χ4v) is 4.08. The third kappa shape index (κ3) is 6.05. The van der Waals surface area contributed by atoms with Crippen LogP contribution in [0.2, 0.25) is 0 Å². The Kier molecular flexibility index (Phi) is 8.49. The number of carbonyl (C=O) groups is 2. The van der Waals surface area contributed by atoms with E-state index >= 15 is 0 Å². The molecule has 0 radical (unpaired) electrons. The predicted octanol–water partition coefficient (Wildman–Crippen LogP) is 4.69. The number of amidine groups is 1. The summed E-state index contributed by atoms with van der Waals surface area (Å²) >= 11 is 0. The van der Waals surface area contributed by atoms with E-state index in [0.29, 0.717) is 24.2 Å². The van der Waals surface area contributed by atoms with Crippen LogP contribution in [0.3, 0.4) is 0 Å². The van der Waals surface area contributed by atoms with Crippen molar-refractivity contribution < 1.29 is 9.59 Å². The van der Waals surface area contributed by atoms with Crippen LogP contribution < -0.4 is 11.2 Å². The summed E-state index contributed by atoms with van der Waals surface area (Å²) < 4.78 is 0. The molecule has 178 valence electrons. The maximum atomic E-state index is 13.4. The standard InChI is InChI=1S/C26H29N5O2.ClH/c27-24(28)21-11-9-19(10-12-21)18-31(26(33)30-15-5-1-2-6-16-30)29-25(32)23-14-13-20-7-3-4-8-22(20)17-23;/h3-4,7-14,17H,1-2,5-6,15-16,18H2,(H3,27,28)(H,29,32);1H. The van der Waals surface area contributed by atoms with Gasteiger partial charge in [-0.15, -0.1) is 12.4 Å². The normalized spacial score (nSPS) is 13.5. The Hall–Kier alpha value is -3.58. The first-order valence-electron chi connectivity index (χ1n) is 11.3. The van der Waals surface area contributed by atoms with Crippen molar-refractivity contribution in [3.8, 4) is 0 Å². The minimum absolute atomic E-state index is 0. The van der Waals surface area contributed by atoms with Crippen LogP contribution >= 0.6 is 12.4 Å². The lowest BCUT2D eigenvalue weighted by Gasteiger charge is -2.30. The highest BCUT2D eigenvalue weighted by molar-refractivity contribution is 5.99. The molecular weight excluding hydrogens is 450 g/mol. The number of rotatable bonds is 4. The van der Waals surface area contributed by atoms with Gasteiger partial charge in [-0.05, 0) is 41.3 Å². The Morgan fingerprint density at radius 1 is 0.882 bits per heavy atom. The van der Waals surface area contributed by atoms with Crippen LogP contribution in [0, 0.1) is 5.41 Å². The Morgan fingerprint density at radius 2 is 1.50 bits per heavy atom. The molecule has 3 aromatic carbocycles. The third-order valence-corrected chi connectivity index (χ3v) is 5.96. The van der Waals surface area contributed by atoms with Gasteiger partial charge in [0.2, 0.25) is 0 Å². The van der Waals surface area contributed by atoms with Crippen molar-refractivity contribution in [3.05, 3.63) is 83.4 Å². The molecule has 0 saturated carbocycles. The molecule has 3 aromatic rings. The zero-order chi connectivity index (χ0) is 23.2. The number of hydrazine groups is 1. The second-order valence-corrected chi connectivity index (χ2v) is 8.38. The SMILES string of the molecule is Cl.N=C(N)c1ccc(CN(NC(=O)c2ccc3ccccc3c2)C(=O)N2CCCCCC2)cc1. The van der Waals surface area contributed by atoms with Gasteiger partial charge in [-0.25, -0.2) is 9.80 Å². The van der Waals surface area contributed by atoms with E-state index in [1.807, 2.05) is 53.4 Å². The number of amides is 3. The van der Waals surface area contributed by atoms with E-state index in [9.17, 15) is 9.59 Å². The Bertz CT molecular complexity index is 1160. The molecule has 0 atom stereocenters. The first kappa shape index (κ1) is 25.1. The summed E-state index contributed by atoms with van der Waals surface area (Å²) in [5.74, 6) is -0.340. The van der Waals surface area contributed by atoms with Crippen LogP contribution in [0.25, 0.3) is 10.8 Å². The van der Waals surface area contributed by atoms with E-state index < -0.39 is 0 Å². The van der Waals surface area contributed by atoms with Crippen molar-refractivity contribution in [1.82, 2.24) is 15.3 Å². The van der Waals surface area contributed by atoms with Crippen LogP contribution in [-0.2, 0) is 6.54 Å². The monoisotopic (exact) mass is 479 g/mol. The summed E-state index contributed by atoms with van der Waals surface area (Å²) in [6.07, 6.45) is 4.15. The smallest absolute Gasteiger partial charge is 0.339 e. The molecule has 4 rings (SSSR count). The first-order valence-corrected chi connectivity index (χ1v) is 11.3. The van der Waals surface area contributed by atoms with Gasteiger partial charge in [-0.3, -0.25) is 15.6 Å². The van der Waals surface area contributed by atoms with Gasteiger partial charge < -0.3 is 10.6 Å². The summed E-state index contributed by atoms with van der Waals surface area (Å²) in [5, 5.41) is 11.0. The maximum Gasteiger partial charge on any atom is 0.339 e. The van der Waals surface area contributed by atoms with Gasteiger partial charge in [0, 0.05) is 24.2 Å². The number of halogens is 1. The lowest BCUT2D eigenvalue weighted by atomic mass is 10.1. The molecule has 4 N–H and O–H groups in total. The first-order chi connectivity index (χ1) is 16.0. The van der Waals surface area contributed by atoms with Gasteiger partial charge in [0.25, 0.3) is 5.91 Å². The highest BCUT2D eigenvalue weighted by atomic mass is 35.5. The van der Waals surface area contributed by atoms with Crippen molar-refractivity contribution in [2.24, 2.45) is 5.73 Å². The van der Waals surface area contributed by atoms with E-state index in [4.69, 9.17) is 11.1 Å². The molecule has 7 nitrogen and oxygen atoms in total. The highest BCUT2D eigenvalue weighted by Crippen LogP contribution is 2.17. The summed E-state index contributed by atoms with van der Waals surface area (Å²) in [4.78, 5) is 28.3. The topological polar surface area (TPSA) is 103 Å². The molecule has 0 aromatic heterocycles. The second kappa shape index (κ2) is 11.5. The number of hydrogen-bond donors (Lipinski definition) is 3. The van der Waals surface area contributed by atoms with Crippen molar-refractivity contribution in [2.45, 2.75) is 32.2 Å². The lowest BCUT2D eigenvalue weighted by molar-refractivity contribution is 0.0768. The van der Waals surface area contributed by atoms with Crippen LogP contribution in [0.1, 0.15) is 47.2 Å². The third-order valence-electron chi connectivity index (χ3n) is 5.96. The van der Waals surface area contributed by atoms with Crippen LogP contribution in [0.15, 0.2) is 66.7 Å². The molecule has 1 heterocycles. The molecule has 8 heteroatoms. The Labute approximate surface area is 205 Å². The van der Waals surface area contributed by atoms with Crippen LogP contribution in [0.5, 0.6) is 0 Å². The molecule has 0 aliphatic carbocycles. The van der Waals surface area contributed by atoms with E-state index in [-0.39, 0.29) is 36.7 Å². The van der Waals surface area contributed by atoms with Crippen LogP contribution in [-0.4, -0.2) is 40.8 Å². The molecular formula is C26H30ClN5O2. The molecule has 1 saturated heterocycles. The minimum Gasteiger partial charge on any atom is -0.384 e. The average Bonchev–Trinajstić information content (AvgIpc) is 3.13. The van der Waals surface area contributed by atoms with E-state index in [1.165, 1.54) is 5.01 Å². The summed E-state index contributed by atoms with van der Waals surface area (Å²) in [5.41, 5.74) is 10.3. The molecule has 0 unspecified atom stereocenters. The fraction of sp³-hybridized carbons (Fsp3) is 0.269. The quantitative estimate of drug-likeness (QED) is 0.287. The number of carbonyl (C=O) groups excluding carboxylic acids is 2. The summed E-state index contributed by atoms with van der Waals surface area (Å²) in [6.45, 7) is 1.59. The highest BCUT2D eigenvalue weighted by Gasteiger charge is 2.24. The predicted molar refractivity (Wildman–Crippen MR) is 137 cm³/mol. The molecule has 1 aliphatic rings. The molecule has 1 aliphatic heterocycles. The van der Waals surface area contributed by atoms with Crippen molar-refractivity contribution in [1.29, 1.82) is 5.41 Å². The number of nitrogens with zero attached hydrogens (tertiary/aromatic N) is 2. The van der Waals surface area contributed by atoms with E-state index in [2.05, 4.69) is 5.43 Å². The number of nitrogens with one attached hydrogen (secondary N) is 2. The number of hydrogen-bond acceptors (Lipinski definition) is 3. The van der Waals surface area contributed by atoms with E-state index in [1.54, 1.807) is 18.2 Å². The number of urea groups is 1. The van der Waals surface area contributed by atoms with Gasteiger partial charge >= 0.3 is 6.03 Å².